The van der Waals surface area contributed by atoms with Gasteiger partial charge in [0, 0.05) is 62.4 Å². The first-order chi connectivity index (χ1) is 15.2. The number of ether oxygens (including phenoxy) is 2. The molecule has 5 rings (SSSR count). The topological polar surface area (TPSA) is 76.6 Å². The van der Waals surface area contributed by atoms with E-state index in [1.807, 2.05) is 24.3 Å². The van der Waals surface area contributed by atoms with Crippen molar-refractivity contribution in [3.8, 4) is 5.75 Å². The summed E-state index contributed by atoms with van der Waals surface area (Å²) >= 11 is 5.96. The van der Waals surface area contributed by atoms with Gasteiger partial charge in [-0.25, -0.2) is 4.98 Å². The molecule has 1 N–H and O–H groups in total. The number of benzene rings is 1. The van der Waals surface area contributed by atoms with Crippen molar-refractivity contribution in [1.29, 1.82) is 0 Å². The molecule has 0 unspecified atom stereocenters. The van der Waals surface area contributed by atoms with Crippen LogP contribution in [-0.4, -0.2) is 58.4 Å². The standard InChI is InChI=1S/C22H27ClN4O3S/c23-15-1-3-17(4-2-15)30-18-5-10-27(11-6-18)22-25-19-9-14-31(28)20(19)21(26-22)24-16-7-12-29-13-8-16/h1-4,16,18H,5-14H2,(H,24,25,26)/t31-/m1/s1. The van der Waals surface area contributed by atoms with Gasteiger partial charge in [-0.05, 0) is 37.1 Å². The van der Waals surface area contributed by atoms with Gasteiger partial charge in [-0.15, -0.1) is 0 Å². The van der Waals surface area contributed by atoms with E-state index in [-0.39, 0.29) is 6.10 Å². The lowest BCUT2D eigenvalue weighted by molar-refractivity contribution is 0.0903. The van der Waals surface area contributed by atoms with Crippen LogP contribution < -0.4 is 15.0 Å². The number of rotatable bonds is 5. The maximum absolute atomic E-state index is 12.6. The molecule has 0 spiro atoms. The minimum atomic E-state index is -1.02. The maximum atomic E-state index is 12.6. The lowest BCUT2D eigenvalue weighted by Crippen LogP contribution is -2.39. The highest BCUT2D eigenvalue weighted by Crippen LogP contribution is 2.32. The number of piperidine rings is 1. The molecular weight excluding hydrogens is 436 g/mol. The van der Waals surface area contributed by atoms with Crippen molar-refractivity contribution >= 4 is 34.2 Å². The maximum Gasteiger partial charge on any atom is 0.227 e. The van der Waals surface area contributed by atoms with E-state index in [4.69, 9.17) is 31.0 Å². The quantitative estimate of drug-likeness (QED) is 0.729. The highest BCUT2D eigenvalue weighted by molar-refractivity contribution is 7.85. The molecule has 4 heterocycles. The fourth-order valence-electron chi connectivity index (χ4n) is 4.34. The normalized spacial score (nSPS) is 22.4. The molecule has 9 heteroatoms. The first kappa shape index (κ1) is 21.0. The zero-order valence-electron chi connectivity index (χ0n) is 17.4. The Morgan fingerprint density at radius 1 is 1.10 bits per heavy atom. The van der Waals surface area contributed by atoms with Crippen LogP contribution in [0, 0.1) is 0 Å². The van der Waals surface area contributed by atoms with Crippen LogP contribution in [0.2, 0.25) is 5.02 Å². The van der Waals surface area contributed by atoms with Crippen molar-refractivity contribution in [2.24, 2.45) is 0 Å². The minimum Gasteiger partial charge on any atom is -0.490 e. The van der Waals surface area contributed by atoms with E-state index in [9.17, 15) is 4.21 Å². The summed E-state index contributed by atoms with van der Waals surface area (Å²) in [6, 6.07) is 7.82. The molecule has 3 aliphatic heterocycles. The van der Waals surface area contributed by atoms with E-state index >= 15 is 0 Å². The van der Waals surface area contributed by atoms with Gasteiger partial charge >= 0.3 is 0 Å². The summed E-state index contributed by atoms with van der Waals surface area (Å²) < 4.78 is 24.2. The number of aryl methyl sites for hydroxylation is 1. The second-order valence-corrected chi connectivity index (χ2v) is 10.2. The molecule has 0 radical (unpaired) electrons. The predicted molar refractivity (Wildman–Crippen MR) is 122 cm³/mol. The summed E-state index contributed by atoms with van der Waals surface area (Å²) in [5.74, 6) is 2.97. The molecule has 0 bridgehead atoms. The van der Waals surface area contributed by atoms with Crippen LogP contribution in [0.3, 0.4) is 0 Å². The van der Waals surface area contributed by atoms with Crippen LogP contribution in [0.5, 0.6) is 5.75 Å². The fraction of sp³-hybridized carbons (Fsp3) is 0.545. The van der Waals surface area contributed by atoms with Crippen LogP contribution in [0.25, 0.3) is 0 Å². The highest BCUT2D eigenvalue weighted by atomic mass is 35.5. The largest absolute Gasteiger partial charge is 0.490 e. The molecule has 1 aromatic carbocycles. The number of nitrogens with one attached hydrogen (secondary N) is 1. The first-order valence-electron chi connectivity index (χ1n) is 11.0. The first-order valence-corrected chi connectivity index (χ1v) is 12.7. The van der Waals surface area contributed by atoms with Crippen LogP contribution >= 0.6 is 11.6 Å². The number of fused-ring (bicyclic) bond motifs is 1. The molecule has 0 saturated carbocycles. The number of aromatic nitrogens is 2. The van der Waals surface area contributed by atoms with E-state index < -0.39 is 10.8 Å². The van der Waals surface area contributed by atoms with E-state index in [2.05, 4.69) is 10.2 Å². The van der Waals surface area contributed by atoms with E-state index in [0.29, 0.717) is 16.8 Å². The lowest BCUT2D eigenvalue weighted by atomic mass is 10.1. The fourth-order valence-corrected chi connectivity index (χ4v) is 5.78. The Balaban J connectivity index is 1.28. The van der Waals surface area contributed by atoms with Crippen molar-refractivity contribution in [2.75, 3.05) is 42.3 Å². The minimum absolute atomic E-state index is 0.166. The summed E-state index contributed by atoms with van der Waals surface area (Å²) in [4.78, 5) is 12.7. The summed E-state index contributed by atoms with van der Waals surface area (Å²) in [5, 5.41) is 4.26. The third-order valence-corrected chi connectivity index (χ3v) is 7.79. The molecule has 3 aliphatic rings. The molecule has 1 aromatic heterocycles. The average molecular weight is 463 g/mol. The molecule has 31 heavy (non-hydrogen) atoms. The van der Waals surface area contributed by atoms with Gasteiger partial charge < -0.3 is 19.7 Å². The van der Waals surface area contributed by atoms with Crippen molar-refractivity contribution in [3.05, 3.63) is 35.0 Å². The van der Waals surface area contributed by atoms with E-state index in [1.165, 1.54) is 0 Å². The molecule has 0 amide bonds. The van der Waals surface area contributed by atoms with Crippen molar-refractivity contribution in [1.82, 2.24) is 9.97 Å². The van der Waals surface area contributed by atoms with Gasteiger partial charge in [0.25, 0.3) is 0 Å². The van der Waals surface area contributed by atoms with Crippen molar-refractivity contribution < 1.29 is 13.7 Å². The number of nitrogens with zero attached hydrogens (tertiary/aromatic N) is 3. The molecule has 0 aliphatic carbocycles. The summed E-state index contributed by atoms with van der Waals surface area (Å²) in [7, 11) is -1.02. The van der Waals surface area contributed by atoms with Crippen LogP contribution in [0.15, 0.2) is 29.2 Å². The molecular formula is C22H27ClN4O3S. The SMILES string of the molecule is O=[S@@]1CCc2nc(N3CCC(Oc4ccc(Cl)cc4)CC3)nc(NC3CCOCC3)c21. The van der Waals surface area contributed by atoms with Crippen LogP contribution in [-0.2, 0) is 22.0 Å². The molecule has 1 atom stereocenters. The van der Waals surface area contributed by atoms with Gasteiger partial charge in [0.15, 0.2) is 0 Å². The molecule has 2 saturated heterocycles. The molecule has 2 aromatic rings. The second kappa shape index (κ2) is 9.30. The Morgan fingerprint density at radius 2 is 1.84 bits per heavy atom. The van der Waals surface area contributed by atoms with Gasteiger partial charge in [0.2, 0.25) is 5.95 Å². The molecule has 2 fully saturated rings. The summed E-state index contributed by atoms with van der Waals surface area (Å²) in [6.07, 6.45) is 4.59. The van der Waals surface area contributed by atoms with Gasteiger partial charge in [0.1, 0.15) is 22.6 Å². The smallest absolute Gasteiger partial charge is 0.227 e. The Bertz CT molecular complexity index is 945. The zero-order valence-corrected chi connectivity index (χ0v) is 19.0. The number of hydrogen-bond acceptors (Lipinski definition) is 7. The Hall–Kier alpha value is -1.90. The van der Waals surface area contributed by atoms with Crippen LogP contribution in [0.1, 0.15) is 31.4 Å². The lowest BCUT2D eigenvalue weighted by Gasteiger charge is -2.33. The Labute approximate surface area is 190 Å². The third-order valence-electron chi connectivity index (χ3n) is 6.08. The van der Waals surface area contributed by atoms with E-state index in [1.54, 1.807) is 0 Å². The number of hydrogen-bond donors (Lipinski definition) is 1. The monoisotopic (exact) mass is 462 g/mol. The number of anilines is 2. The van der Waals surface area contributed by atoms with Gasteiger partial charge in [0.05, 0.1) is 16.5 Å². The highest BCUT2D eigenvalue weighted by Gasteiger charge is 2.30. The predicted octanol–water partition coefficient (Wildman–Crippen LogP) is 3.43. The zero-order chi connectivity index (χ0) is 21.2. The van der Waals surface area contributed by atoms with Gasteiger partial charge in [-0.3, -0.25) is 4.21 Å². The number of halogens is 1. The van der Waals surface area contributed by atoms with E-state index in [0.717, 1.165) is 86.5 Å². The molecule has 7 nitrogen and oxygen atoms in total. The van der Waals surface area contributed by atoms with Gasteiger partial charge in [-0.1, -0.05) is 11.6 Å². The Morgan fingerprint density at radius 3 is 2.58 bits per heavy atom. The van der Waals surface area contributed by atoms with Crippen molar-refractivity contribution in [3.63, 3.8) is 0 Å². The van der Waals surface area contributed by atoms with Crippen LogP contribution in [0.4, 0.5) is 11.8 Å². The second-order valence-electron chi connectivity index (χ2n) is 8.24. The summed E-state index contributed by atoms with van der Waals surface area (Å²) in [6.45, 7) is 3.16. The average Bonchev–Trinajstić information content (AvgIpc) is 3.17. The summed E-state index contributed by atoms with van der Waals surface area (Å²) in [5.41, 5.74) is 0.928. The third kappa shape index (κ3) is 4.81. The Kier molecular flexibility index (Phi) is 6.29. The molecule has 166 valence electrons. The van der Waals surface area contributed by atoms with Crippen molar-refractivity contribution in [2.45, 2.75) is 49.1 Å². The van der Waals surface area contributed by atoms with Gasteiger partial charge in [-0.2, -0.15) is 4.98 Å².